The molecule has 0 saturated carbocycles. The predicted octanol–water partition coefficient (Wildman–Crippen LogP) is 1.07. The van der Waals surface area contributed by atoms with E-state index in [1.54, 1.807) is 6.92 Å². The van der Waals surface area contributed by atoms with Crippen molar-refractivity contribution in [3.8, 4) is 5.69 Å². The maximum Gasteiger partial charge on any atom is 0.332 e. The molecule has 0 aliphatic heterocycles. The second-order valence-electron chi connectivity index (χ2n) is 5.88. The third-order valence-corrected chi connectivity index (χ3v) is 4.09. The molecular weight excluding hydrogens is 374 g/mol. The van der Waals surface area contributed by atoms with Crippen molar-refractivity contribution in [3.05, 3.63) is 81.8 Å². The van der Waals surface area contributed by atoms with Crippen LogP contribution < -0.4 is 16.5 Å². The molecule has 2 aromatic heterocycles. The minimum atomic E-state index is -0.915. The molecule has 12 nitrogen and oxygen atoms in total. The lowest BCUT2D eigenvalue weighted by molar-refractivity contribution is -0.386. The molecule has 0 bridgehead atoms. The molecule has 0 unspecified atom stereocenters. The summed E-state index contributed by atoms with van der Waals surface area (Å²) < 4.78 is 2.24. The number of aromatic amines is 1. The average Bonchev–Trinajstić information content (AvgIpc) is 2.64. The Morgan fingerprint density at radius 1 is 1.07 bits per heavy atom. The van der Waals surface area contributed by atoms with E-state index in [0.29, 0.717) is 6.42 Å². The van der Waals surface area contributed by atoms with Gasteiger partial charge in [-0.1, -0.05) is 6.92 Å². The molecule has 0 amide bonds. The highest BCUT2D eigenvalue weighted by Gasteiger charge is 2.21. The van der Waals surface area contributed by atoms with Crippen LogP contribution in [0.15, 0.2) is 45.0 Å². The fourth-order valence-electron chi connectivity index (χ4n) is 2.85. The second-order valence-corrected chi connectivity index (χ2v) is 5.88. The largest absolute Gasteiger partial charge is 0.332 e. The molecule has 0 fully saturated rings. The van der Waals surface area contributed by atoms with Crippen LogP contribution in [-0.4, -0.2) is 24.0 Å². The van der Waals surface area contributed by atoms with Crippen molar-refractivity contribution < 1.29 is 9.85 Å². The Labute approximate surface area is 154 Å². The molecule has 2 heterocycles. The summed E-state index contributed by atoms with van der Waals surface area (Å²) in [5.74, 6) is 0. The maximum absolute atomic E-state index is 12.2. The van der Waals surface area contributed by atoms with Gasteiger partial charge >= 0.3 is 16.8 Å². The molecule has 28 heavy (non-hydrogen) atoms. The molecule has 0 radical (unpaired) electrons. The van der Waals surface area contributed by atoms with Gasteiger partial charge in [0.05, 0.1) is 27.1 Å². The second kappa shape index (κ2) is 6.90. The summed E-state index contributed by atoms with van der Waals surface area (Å²) in [7, 11) is 0. The Bertz CT molecular complexity index is 1300. The van der Waals surface area contributed by atoms with Crippen LogP contribution in [0.5, 0.6) is 0 Å². The molecule has 0 saturated heterocycles. The van der Waals surface area contributed by atoms with E-state index in [2.05, 4.69) is 4.98 Å². The molecule has 0 spiro atoms. The van der Waals surface area contributed by atoms with Gasteiger partial charge in [-0.05, 0) is 12.5 Å². The first-order valence-corrected chi connectivity index (χ1v) is 8.07. The van der Waals surface area contributed by atoms with Gasteiger partial charge in [-0.3, -0.25) is 34.6 Å². The number of nitro benzene ring substituents is 1. The Morgan fingerprint density at radius 2 is 1.75 bits per heavy atom. The highest BCUT2D eigenvalue weighted by molar-refractivity contribution is 5.82. The number of fused-ring (bicyclic) bond motifs is 1. The number of H-pyrrole nitrogens is 1. The summed E-state index contributed by atoms with van der Waals surface area (Å²) in [6, 6.07) is 3.26. The van der Waals surface area contributed by atoms with Crippen LogP contribution in [0.2, 0.25) is 0 Å². The molecule has 3 aromatic rings. The van der Waals surface area contributed by atoms with E-state index in [1.807, 2.05) is 0 Å². The van der Waals surface area contributed by atoms with E-state index in [0.717, 1.165) is 29.1 Å². The lowest BCUT2D eigenvalue weighted by Gasteiger charge is -2.12. The highest BCUT2D eigenvalue weighted by atomic mass is 16.6. The molecule has 1 aromatic carbocycles. The molecule has 0 atom stereocenters. The zero-order valence-corrected chi connectivity index (χ0v) is 14.4. The van der Waals surface area contributed by atoms with Gasteiger partial charge in [-0.2, -0.15) is 0 Å². The number of hydrogen-bond donors (Lipinski definition) is 1. The number of hydrogen-bond acceptors (Lipinski definition) is 7. The minimum absolute atomic E-state index is 0.0732. The van der Waals surface area contributed by atoms with Crippen LogP contribution >= 0.6 is 0 Å². The lowest BCUT2D eigenvalue weighted by atomic mass is 10.2. The molecule has 12 heteroatoms. The lowest BCUT2D eigenvalue weighted by Crippen LogP contribution is -2.36. The van der Waals surface area contributed by atoms with Crippen LogP contribution in [0.25, 0.3) is 16.7 Å². The van der Waals surface area contributed by atoms with E-state index in [4.69, 9.17) is 0 Å². The SMILES string of the molecule is CCCn1c(=O)c(=O)[nH]c2cc([N+](=O)[O-])c(-n3ccc(=O)c([N+](=O)[O-])c3)cc21. The van der Waals surface area contributed by atoms with Gasteiger partial charge in [-0.15, -0.1) is 0 Å². The molecule has 0 aliphatic rings. The van der Waals surface area contributed by atoms with Crippen LogP contribution in [0.3, 0.4) is 0 Å². The van der Waals surface area contributed by atoms with E-state index < -0.39 is 37.8 Å². The third-order valence-electron chi connectivity index (χ3n) is 4.09. The first-order valence-electron chi connectivity index (χ1n) is 8.07. The number of nitrogens with one attached hydrogen (secondary N) is 1. The van der Waals surface area contributed by atoms with Gasteiger partial charge in [-0.25, -0.2) is 0 Å². The van der Waals surface area contributed by atoms with Crippen LogP contribution in [0, 0.1) is 20.2 Å². The standard InChI is InChI=1S/C16H13N5O7/c1-2-4-19-10-7-11(18-5-3-14(22)13(8-18)21(27)28)12(20(25)26)6-9(10)17-15(23)16(19)24/h3,5-8H,2,4H2,1H3,(H,17,23). The molecular formula is C16H13N5O7. The number of nitrogens with zero attached hydrogens (tertiary/aromatic N) is 4. The van der Waals surface area contributed by atoms with E-state index in [1.165, 1.54) is 10.6 Å². The number of rotatable bonds is 5. The van der Waals surface area contributed by atoms with Crippen molar-refractivity contribution in [1.29, 1.82) is 0 Å². The Balaban J connectivity index is 2.44. The molecule has 3 rings (SSSR count). The smallest absolute Gasteiger partial charge is 0.316 e. The summed E-state index contributed by atoms with van der Waals surface area (Å²) in [5, 5.41) is 22.6. The van der Waals surface area contributed by atoms with Crippen molar-refractivity contribution in [1.82, 2.24) is 14.1 Å². The maximum atomic E-state index is 12.2. The number of aryl methyl sites for hydroxylation is 1. The highest BCUT2D eigenvalue weighted by Crippen LogP contribution is 2.27. The Morgan fingerprint density at radius 3 is 2.36 bits per heavy atom. The van der Waals surface area contributed by atoms with E-state index in [9.17, 15) is 34.6 Å². The van der Waals surface area contributed by atoms with Gasteiger partial charge in [0.2, 0.25) is 0 Å². The number of pyridine rings is 1. The number of nitro groups is 2. The number of benzene rings is 1. The van der Waals surface area contributed by atoms with Crippen LogP contribution in [0.4, 0.5) is 11.4 Å². The minimum Gasteiger partial charge on any atom is -0.316 e. The summed E-state index contributed by atoms with van der Waals surface area (Å²) >= 11 is 0. The monoisotopic (exact) mass is 387 g/mol. The van der Waals surface area contributed by atoms with Crippen molar-refractivity contribution >= 4 is 22.4 Å². The zero-order valence-electron chi connectivity index (χ0n) is 14.4. The molecule has 144 valence electrons. The van der Waals surface area contributed by atoms with Gasteiger partial charge in [0.1, 0.15) is 5.69 Å². The van der Waals surface area contributed by atoms with Crippen LogP contribution in [-0.2, 0) is 6.54 Å². The summed E-state index contributed by atoms with van der Waals surface area (Å²) in [5.41, 5.74) is -3.62. The fraction of sp³-hybridized carbons (Fsp3) is 0.188. The summed E-state index contributed by atoms with van der Waals surface area (Å²) in [4.78, 5) is 58.9. The first kappa shape index (κ1) is 18.7. The van der Waals surface area contributed by atoms with Gasteiger partial charge < -0.3 is 14.1 Å². The van der Waals surface area contributed by atoms with Crippen molar-refractivity contribution in [2.75, 3.05) is 0 Å². The van der Waals surface area contributed by atoms with E-state index >= 15 is 0 Å². The third kappa shape index (κ3) is 3.06. The quantitative estimate of drug-likeness (QED) is 0.388. The van der Waals surface area contributed by atoms with Crippen molar-refractivity contribution in [3.63, 3.8) is 0 Å². The summed E-state index contributed by atoms with van der Waals surface area (Å²) in [6.07, 6.45) is 2.54. The van der Waals surface area contributed by atoms with Gasteiger partial charge in [0.25, 0.3) is 11.1 Å². The molecule has 0 aliphatic carbocycles. The summed E-state index contributed by atoms with van der Waals surface area (Å²) in [6.45, 7) is 1.98. The van der Waals surface area contributed by atoms with Gasteiger partial charge in [0, 0.05) is 24.9 Å². The van der Waals surface area contributed by atoms with Crippen molar-refractivity contribution in [2.45, 2.75) is 19.9 Å². The van der Waals surface area contributed by atoms with Crippen molar-refractivity contribution in [2.24, 2.45) is 0 Å². The fourth-order valence-corrected chi connectivity index (χ4v) is 2.85. The predicted molar refractivity (Wildman–Crippen MR) is 98.0 cm³/mol. The number of aromatic nitrogens is 3. The van der Waals surface area contributed by atoms with E-state index in [-0.39, 0.29) is 23.3 Å². The van der Waals surface area contributed by atoms with Gasteiger partial charge in [0.15, 0.2) is 0 Å². The zero-order chi connectivity index (χ0) is 20.6. The topological polar surface area (TPSA) is 163 Å². The average molecular weight is 387 g/mol. The first-order chi connectivity index (χ1) is 13.2. The Hall–Kier alpha value is -4.09. The normalized spacial score (nSPS) is 10.9. The molecule has 1 N–H and O–H groups in total. The Kier molecular flexibility index (Phi) is 4.61. The van der Waals surface area contributed by atoms with Crippen LogP contribution in [0.1, 0.15) is 13.3 Å².